The number of aliphatic carboxylic acids is 1. The predicted molar refractivity (Wildman–Crippen MR) is 78.9 cm³/mol. The van der Waals surface area contributed by atoms with Gasteiger partial charge in [-0.1, -0.05) is 19.3 Å². The van der Waals surface area contributed by atoms with Crippen molar-refractivity contribution in [2.45, 2.75) is 48.3 Å². The van der Waals surface area contributed by atoms with Crippen LogP contribution in [0.25, 0.3) is 0 Å². The summed E-state index contributed by atoms with van der Waals surface area (Å²) in [4.78, 5) is 11.1. The van der Waals surface area contributed by atoms with Crippen LogP contribution in [-0.4, -0.2) is 36.7 Å². The largest absolute Gasteiger partial charge is 0.481 e. The molecule has 6 nitrogen and oxygen atoms in total. The highest BCUT2D eigenvalue weighted by molar-refractivity contribution is 7.91. The van der Waals surface area contributed by atoms with E-state index in [9.17, 15) is 18.3 Å². The molecule has 1 aliphatic rings. The highest BCUT2D eigenvalue weighted by Crippen LogP contribution is 2.31. The van der Waals surface area contributed by atoms with Crippen molar-refractivity contribution in [1.29, 1.82) is 0 Å². The zero-order valence-corrected chi connectivity index (χ0v) is 13.2. The Morgan fingerprint density at radius 1 is 1.29 bits per heavy atom. The molecular formula is C13H19NO5S2. The van der Waals surface area contributed by atoms with Crippen LogP contribution in [0, 0.1) is 0 Å². The third-order valence-electron chi connectivity index (χ3n) is 3.69. The summed E-state index contributed by atoms with van der Waals surface area (Å²) in [6.45, 7) is -0.223. The summed E-state index contributed by atoms with van der Waals surface area (Å²) in [6.07, 6.45) is 3.87. The van der Waals surface area contributed by atoms with Crippen molar-refractivity contribution < 1.29 is 23.4 Å². The van der Waals surface area contributed by atoms with Crippen LogP contribution in [0.15, 0.2) is 16.3 Å². The van der Waals surface area contributed by atoms with E-state index in [0.29, 0.717) is 17.7 Å². The van der Waals surface area contributed by atoms with Crippen LogP contribution in [0.2, 0.25) is 0 Å². The van der Waals surface area contributed by atoms with Crippen LogP contribution < -0.4 is 4.72 Å². The monoisotopic (exact) mass is 333 g/mol. The van der Waals surface area contributed by atoms with Crippen LogP contribution in [0.1, 0.15) is 37.0 Å². The normalized spacial score (nSPS) is 18.5. The maximum atomic E-state index is 12.4. The van der Waals surface area contributed by atoms with Gasteiger partial charge >= 0.3 is 5.97 Å². The number of carbonyl (C=O) groups is 1. The summed E-state index contributed by atoms with van der Waals surface area (Å²) in [5.41, 5.74) is -0.784. The first-order valence-corrected chi connectivity index (χ1v) is 9.12. The van der Waals surface area contributed by atoms with Crippen LogP contribution in [0.3, 0.4) is 0 Å². The molecular weight excluding hydrogens is 314 g/mol. The molecule has 1 aliphatic carbocycles. The first-order chi connectivity index (χ1) is 9.87. The Kier molecular flexibility index (Phi) is 5.03. The number of hydrogen-bond donors (Lipinski definition) is 3. The van der Waals surface area contributed by atoms with Crippen LogP contribution in [0.4, 0.5) is 0 Å². The number of carboxylic acid groups (broad SMARTS) is 1. The molecule has 1 aromatic heterocycles. The number of rotatable bonds is 6. The van der Waals surface area contributed by atoms with Crippen molar-refractivity contribution in [3.05, 3.63) is 17.0 Å². The van der Waals surface area contributed by atoms with E-state index in [4.69, 9.17) is 5.11 Å². The Hall–Kier alpha value is -0.960. The van der Waals surface area contributed by atoms with Crippen LogP contribution >= 0.6 is 11.3 Å². The molecule has 21 heavy (non-hydrogen) atoms. The second-order valence-corrected chi connectivity index (χ2v) is 8.47. The zero-order chi connectivity index (χ0) is 15.5. The molecule has 0 saturated heterocycles. The summed E-state index contributed by atoms with van der Waals surface area (Å²) in [6, 6.07) is 2.93. The number of sulfonamides is 1. The van der Waals surface area contributed by atoms with Gasteiger partial charge in [0.2, 0.25) is 0 Å². The van der Waals surface area contributed by atoms with E-state index in [1.807, 2.05) is 0 Å². The van der Waals surface area contributed by atoms with Crippen LogP contribution in [0.5, 0.6) is 0 Å². The Bertz CT molecular complexity index is 602. The molecule has 8 heteroatoms. The minimum atomic E-state index is -3.73. The molecule has 1 aromatic rings. The lowest BCUT2D eigenvalue weighted by Crippen LogP contribution is -2.52. The molecule has 0 unspecified atom stereocenters. The Morgan fingerprint density at radius 2 is 1.95 bits per heavy atom. The van der Waals surface area contributed by atoms with Gasteiger partial charge in [0.15, 0.2) is 0 Å². The Morgan fingerprint density at radius 3 is 2.52 bits per heavy atom. The smallest absolute Gasteiger partial charge is 0.308 e. The average Bonchev–Trinajstić information content (AvgIpc) is 2.88. The summed E-state index contributed by atoms with van der Waals surface area (Å²) in [5.74, 6) is -0.993. The molecule has 2 rings (SSSR count). The van der Waals surface area contributed by atoms with Crippen molar-refractivity contribution in [3.8, 4) is 0 Å². The maximum Gasteiger partial charge on any atom is 0.308 e. The fraction of sp³-hybridized carbons (Fsp3) is 0.615. The molecule has 1 heterocycles. The highest BCUT2D eigenvalue weighted by atomic mass is 32.2. The standard InChI is InChI=1S/C13H19NO5S2/c15-9-13(6-2-1-3-7-13)14-21(18,19)12-5-4-10(20-12)8-11(16)17/h4-5,14-15H,1-3,6-9H2,(H,16,17). The molecule has 0 spiro atoms. The van der Waals surface area contributed by atoms with E-state index >= 15 is 0 Å². The summed E-state index contributed by atoms with van der Waals surface area (Å²) in [5, 5.41) is 18.3. The van der Waals surface area contributed by atoms with E-state index in [2.05, 4.69) is 4.72 Å². The second kappa shape index (κ2) is 6.43. The van der Waals surface area contributed by atoms with Gasteiger partial charge in [-0.15, -0.1) is 11.3 Å². The SMILES string of the molecule is O=C(O)Cc1ccc(S(=O)(=O)NC2(CO)CCCCC2)s1. The van der Waals surface area contributed by atoms with Gasteiger partial charge in [-0.3, -0.25) is 4.79 Å². The van der Waals surface area contributed by atoms with E-state index in [1.165, 1.54) is 12.1 Å². The molecule has 1 saturated carbocycles. The zero-order valence-electron chi connectivity index (χ0n) is 11.5. The first-order valence-electron chi connectivity index (χ1n) is 6.82. The lowest BCUT2D eigenvalue weighted by molar-refractivity contribution is -0.136. The second-order valence-electron chi connectivity index (χ2n) is 5.40. The summed E-state index contributed by atoms with van der Waals surface area (Å²) < 4.78 is 27.5. The third kappa shape index (κ3) is 4.03. The first kappa shape index (κ1) is 16.4. The van der Waals surface area contributed by atoms with Crippen molar-refractivity contribution >= 4 is 27.3 Å². The number of aliphatic hydroxyl groups excluding tert-OH is 1. The van der Waals surface area contributed by atoms with Gasteiger partial charge in [-0.2, -0.15) is 0 Å². The topological polar surface area (TPSA) is 104 Å². The average molecular weight is 333 g/mol. The Balaban J connectivity index is 2.17. The number of nitrogens with one attached hydrogen (secondary N) is 1. The van der Waals surface area contributed by atoms with Gasteiger partial charge in [0.25, 0.3) is 10.0 Å². The highest BCUT2D eigenvalue weighted by Gasteiger charge is 2.36. The van der Waals surface area contributed by atoms with Gasteiger partial charge < -0.3 is 10.2 Å². The molecule has 0 atom stereocenters. The lowest BCUT2D eigenvalue weighted by Gasteiger charge is -2.35. The molecule has 1 fully saturated rings. The molecule has 118 valence electrons. The van der Waals surface area contributed by atoms with Gasteiger partial charge in [-0.05, 0) is 25.0 Å². The molecule has 0 aromatic carbocycles. The van der Waals surface area contributed by atoms with E-state index < -0.39 is 21.5 Å². The summed E-state index contributed by atoms with van der Waals surface area (Å²) >= 11 is 0.953. The van der Waals surface area contributed by atoms with Crippen molar-refractivity contribution in [2.24, 2.45) is 0 Å². The number of aliphatic hydroxyl groups is 1. The number of hydrogen-bond acceptors (Lipinski definition) is 5. The number of carboxylic acids is 1. The third-order valence-corrected chi connectivity index (χ3v) is 6.85. The molecule has 0 radical (unpaired) electrons. The molecule has 0 bridgehead atoms. The minimum Gasteiger partial charge on any atom is -0.481 e. The van der Waals surface area contributed by atoms with Gasteiger partial charge in [-0.25, -0.2) is 13.1 Å². The predicted octanol–water partition coefficient (Wildman–Crippen LogP) is 1.35. The summed E-state index contributed by atoms with van der Waals surface area (Å²) in [7, 11) is -3.73. The van der Waals surface area contributed by atoms with E-state index in [1.54, 1.807) is 0 Å². The Labute approximate surface area is 127 Å². The van der Waals surface area contributed by atoms with Crippen molar-refractivity contribution in [3.63, 3.8) is 0 Å². The minimum absolute atomic E-state index is 0.0946. The van der Waals surface area contributed by atoms with E-state index in [0.717, 1.165) is 30.6 Å². The molecule has 3 N–H and O–H groups in total. The molecule has 0 aliphatic heterocycles. The fourth-order valence-corrected chi connectivity index (χ4v) is 5.40. The van der Waals surface area contributed by atoms with Gasteiger partial charge in [0.1, 0.15) is 4.21 Å². The van der Waals surface area contributed by atoms with Crippen molar-refractivity contribution in [1.82, 2.24) is 4.72 Å². The van der Waals surface area contributed by atoms with Gasteiger partial charge in [0.05, 0.1) is 18.6 Å². The molecule has 0 amide bonds. The van der Waals surface area contributed by atoms with E-state index in [-0.39, 0.29) is 17.2 Å². The van der Waals surface area contributed by atoms with Crippen LogP contribution in [-0.2, 0) is 21.2 Å². The maximum absolute atomic E-state index is 12.4. The number of thiophene rings is 1. The van der Waals surface area contributed by atoms with Gasteiger partial charge in [0, 0.05) is 4.88 Å². The van der Waals surface area contributed by atoms with Crippen molar-refractivity contribution in [2.75, 3.05) is 6.61 Å². The lowest BCUT2D eigenvalue weighted by atomic mass is 9.83. The fourth-order valence-electron chi connectivity index (χ4n) is 2.60. The quantitative estimate of drug-likeness (QED) is 0.729.